The van der Waals surface area contributed by atoms with E-state index < -0.39 is 0 Å². The molecular formula is C14H16N6. The highest BCUT2D eigenvalue weighted by Crippen LogP contribution is 2.25. The van der Waals surface area contributed by atoms with Crippen LogP contribution in [0.25, 0.3) is 5.65 Å². The SMILES string of the molecule is CNc1nnc2c(Nc3c(C)cccc3C)nccn12. The van der Waals surface area contributed by atoms with Crippen molar-refractivity contribution in [3.05, 3.63) is 41.7 Å². The topological polar surface area (TPSA) is 67.1 Å². The van der Waals surface area contributed by atoms with Gasteiger partial charge in [-0.2, -0.15) is 0 Å². The van der Waals surface area contributed by atoms with Gasteiger partial charge in [0.2, 0.25) is 11.6 Å². The Balaban J connectivity index is 2.09. The van der Waals surface area contributed by atoms with Crippen LogP contribution in [0.15, 0.2) is 30.6 Å². The van der Waals surface area contributed by atoms with E-state index in [1.165, 1.54) is 11.1 Å². The number of anilines is 3. The van der Waals surface area contributed by atoms with E-state index in [9.17, 15) is 0 Å². The molecule has 6 heteroatoms. The first-order valence-electron chi connectivity index (χ1n) is 6.41. The highest BCUT2D eigenvalue weighted by molar-refractivity contribution is 5.73. The minimum absolute atomic E-state index is 0.687. The summed E-state index contributed by atoms with van der Waals surface area (Å²) in [5.41, 5.74) is 4.09. The molecule has 0 bridgehead atoms. The lowest BCUT2D eigenvalue weighted by Gasteiger charge is -2.12. The van der Waals surface area contributed by atoms with Gasteiger partial charge in [-0.1, -0.05) is 18.2 Å². The zero-order valence-electron chi connectivity index (χ0n) is 11.7. The van der Waals surface area contributed by atoms with Crippen molar-refractivity contribution in [2.75, 3.05) is 17.7 Å². The first kappa shape index (κ1) is 12.4. The Labute approximate surface area is 116 Å². The third kappa shape index (κ3) is 1.95. The number of fused-ring (bicyclic) bond motifs is 1. The Morgan fingerprint density at radius 1 is 1.10 bits per heavy atom. The lowest BCUT2D eigenvalue weighted by Crippen LogP contribution is -2.02. The highest BCUT2D eigenvalue weighted by atomic mass is 15.3. The fourth-order valence-corrected chi connectivity index (χ4v) is 2.21. The lowest BCUT2D eigenvalue weighted by atomic mass is 10.1. The Morgan fingerprint density at radius 2 is 1.85 bits per heavy atom. The zero-order valence-corrected chi connectivity index (χ0v) is 11.7. The van der Waals surface area contributed by atoms with Gasteiger partial charge in [-0.05, 0) is 25.0 Å². The zero-order chi connectivity index (χ0) is 14.1. The minimum Gasteiger partial charge on any atom is -0.357 e. The van der Waals surface area contributed by atoms with Gasteiger partial charge >= 0.3 is 0 Å². The largest absolute Gasteiger partial charge is 0.357 e. The molecule has 0 atom stereocenters. The van der Waals surface area contributed by atoms with E-state index in [2.05, 4.69) is 51.8 Å². The molecule has 0 saturated heterocycles. The molecule has 3 aromatic rings. The van der Waals surface area contributed by atoms with Crippen LogP contribution in [0.3, 0.4) is 0 Å². The van der Waals surface area contributed by atoms with E-state index in [0.717, 1.165) is 5.69 Å². The normalized spacial score (nSPS) is 10.8. The Hall–Kier alpha value is -2.63. The molecule has 102 valence electrons. The van der Waals surface area contributed by atoms with Gasteiger partial charge < -0.3 is 10.6 Å². The van der Waals surface area contributed by atoms with E-state index in [4.69, 9.17) is 0 Å². The van der Waals surface area contributed by atoms with E-state index in [-0.39, 0.29) is 0 Å². The maximum atomic E-state index is 4.37. The van der Waals surface area contributed by atoms with Crippen molar-refractivity contribution in [2.45, 2.75) is 13.8 Å². The molecular weight excluding hydrogens is 252 g/mol. The van der Waals surface area contributed by atoms with Crippen LogP contribution < -0.4 is 10.6 Å². The molecule has 1 aromatic carbocycles. The van der Waals surface area contributed by atoms with Crippen LogP contribution in [0, 0.1) is 13.8 Å². The van der Waals surface area contributed by atoms with Gasteiger partial charge in [0, 0.05) is 25.1 Å². The monoisotopic (exact) mass is 268 g/mol. The Bertz CT molecular complexity index is 741. The number of hydrogen-bond donors (Lipinski definition) is 2. The fraction of sp³-hybridized carbons (Fsp3) is 0.214. The smallest absolute Gasteiger partial charge is 0.228 e. The van der Waals surface area contributed by atoms with Gasteiger partial charge in [0.05, 0.1) is 0 Å². The van der Waals surface area contributed by atoms with Crippen molar-refractivity contribution in [3.63, 3.8) is 0 Å². The Kier molecular flexibility index (Phi) is 2.98. The lowest BCUT2D eigenvalue weighted by molar-refractivity contribution is 1.09. The van der Waals surface area contributed by atoms with Crippen LogP contribution in [0.2, 0.25) is 0 Å². The molecule has 0 amide bonds. The second-order valence-electron chi connectivity index (χ2n) is 4.63. The number of nitrogens with zero attached hydrogens (tertiary/aromatic N) is 4. The molecule has 0 aliphatic rings. The van der Waals surface area contributed by atoms with Crippen LogP contribution in [0.4, 0.5) is 17.5 Å². The maximum absolute atomic E-state index is 4.37. The van der Waals surface area contributed by atoms with Gasteiger partial charge in [0.1, 0.15) is 0 Å². The van der Waals surface area contributed by atoms with Crippen molar-refractivity contribution < 1.29 is 0 Å². The van der Waals surface area contributed by atoms with E-state index in [1.807, 2.05) is 23.7 Å². The summed E-state index contributed by atoms with van der Waals surface area (Å²) in [7, 11) is 1.81. The molecule has 0 aliphatic carbocycles. The number of hydrogen-bond acceptors (Lipinski definition) is 5. The molecule has 2 aromatic heterocycles. The molecule has 2 N–H and O–H groups in total. The Morgan fingerprint density at radius 3 is 2.55 bits per heavy atom. The highest BCUT2D eigenvalue weighted by Gasteiger charge is 2.11. The summed E-state index contributed by atoms with van der Waals surface area (Å²) in [4.78, 5) is 4.37. The molecule has 20 heavy (non-hydrogen) atoms. The predicted octanol–water partition coefficient (Wildman–Crippen LogP) is 2.53. The molecule has 0 saturated carbocycles. The van der Waals surface area contributed by atoms with Gasteiger partial charge in [-0.3, -0.25) is 4.40 Å². The fourth-order valence-electron chi connectivity index (χ4n) is 2.21. The first-order valence-corrected chi connectivity index (χ1v) is 6.41. The van der Waals surface area contributed by atoms with E-state index >= 15 is 0 Å². The number of benzene rings is 1. The van der Waals surface area contributed by atoms with E-state index in [0.29, 0.717) is 17.4 Å². The van der Waals surface area contributed by atoms with Crippen LogP contribution in [0.1, 0.15) is 11.1 Å². The van der Waals surface area contributed by atoms with Gasteiger partial charge in [-0.25, -0.2) is 4.98 Å². The standard InChI is InChI=1S/C14H16N6/c1-9-5-4-6-10(2)11(9)17-12-13-18-19-14(15-3)20(13)8-7-16-12/h4-8H,1-3H3,(H,15,19)(H,16,17). The van der Waals surface area contributed by atoms with Gasteiger partial charge in [-0.15, -0.1) is 10.2 Å². The molecule has 3 rings (SSSR count). The maximum Gasteiger partial charge on any atom is 0.228 e. The molecule has 0 radical (unpaired) electrons. The van der Waals surface area contributed by atoms with E-state index in [1.54, 1.807) is 6.20 Å². The summed E-state index contributed by atoms with van der Waals surface area (Å²) in [6.45, 7) is 4.14. The molecule has 2 heterocycles. The van der Waals surface area contributed by atoms with Crippen LogP contribution in [-0.4, -0.2) is 26.6 Å². The van der Waals surface area contributed by atoms with Crippen molar-refractivity contribution in [1.29, 1.82) is 0 Å². The molecule has 0 spiro atoms. The van der Waals surface area contributed by atoms with Crippen molar-refractivity contribution in [1.82, 2.24) is 19.6 Å². The average Bonchev–Trinajstić information content (AvgIpc) is 2.87. The van der Waals surface area contributed by atoms with Crippen LogP contribution in [0.5, 0.6) is 0 Å². The predicted molar refractivity (Wildman–Crippen MR) is 79.5 cm³/mol. The second kappa shape index (κ2) is 4.80. The van der Waals surface area contributed by atoms with Crippen molar-refractivity contribution >= 4 is 23.1 Å². The number of aryl methyl sites for hydroxylation is 2. The number of rotatable bonds is 3. The summed E-state index contributed by atoms with van der Waals surface area (Å²) in [5.74, 6) is 1.38. The third-order valence-electron chi connectivity index (χ3n) is 3.28. The van der Waals surface area contributed by atoms with Crippen molar-refractivity contribution in [3.8, 4) is 0 Å². The minimum atomic E-state index is 0.687. The summed E-state index contributed by atoms with van der Waals surface area (Å²) < 4.78 is 1.86. The van der Waals surface area contributed by atoms with Crippen LogP contribution >= 0.6 is 0 Å². The molecule has 0 fully saturated rings. The van der Waals surface area contributed by atoms with Crippen LogP contribution in [-0.2, 0) is 0 Å². The summed E-state index contributed by atoms with van der Waals surface area (Å²) in [6.07, 6.45) is 3.56. The quantitative estimate of drug-likeness (QED) is 0.764. The molecule has 6 nitrogen and oxygen atoms in total. The third-order valence-corrected chi connectivity index (χ3v) is 3.28. The van der Waals surface area contributed by atoms with Gasteiger partial charge in [0.25, 0.3) is 0 Å². The molecule has 0 unspecified atom stereocenters. The summed E-state index contributed by atoms with van der Waals surface area (Å²) in [6, 6.07) is 6.18. The number of nitrogens with one attached hydrogen (secondary N) is 2. The number of para-hydroxylation sites is 1. The number of aromatic nitrogens is 4. The summed E-state index contributed by atoms with van der Waals surface area (Å²) >= 11 is 0. The first-order chi connectivity index (χ1) is 9.70. The molecule has 0 aliphatic heterocycles. The van der Waals surface area contributed by atoms with Crippen molar-refractivity contribution in [2.24, 2.45) is 0 Å². The van der Waals surface area contributed by atoms with Gasteiger partial charge in [0.15, 0.2) is 5.82 Å². The second-order valence-corrected chi connectivity index (χ2v) is 4.63. The summed E-state index contributed by atoms with van der Waals surface area (Å²) in [5, 5.41) is 14.6. The average molecular weight is 268 g/mol.